The van der Waals surface area contributed by atoms with E-state index in [9.17, 15) is 0 Å². The van der Waals surface area contributed by atoms with Crippen molar-refractivity contribution in [2.75, 3.05) is 19.4 Å². The van der Waals surface area contributed by atoms with E-state index >= 15 is 0 Å². The number of para-hydroxylation sites is 1. The first-order chi connectivity index (χ1) is 6.79. The Morgan fingerprint density at radius 2 is 1.81 bits per heavy atom. The Morgan fingerprint density at radius 1 is 1.31 bits per heavy atom. The van der Waals surface area contributed by atoms with Crippen LogP contribution in [0.15, 0.2) is 24.3 Å². The molecule has 0 fully saturated rings. The van der Waals surface area contributed by atoms with Crippen LogP contribution in [0, 0.1) is 0 Å². The van der Waals surface area contributed by atoms with Gasteiger partial charge in [0, 0.05) is 7.11 Å². The smallest absolute Gasteiger partial charge is 0.143 e. The van der Waals surface area contributed by atoms with E-state index in [1.54, 1.807) is 0 Å². The average Bonchev–Trinajstić information content (AvgIpc) is 2.29. The highest BCUT2D eigenvalue weighted by Crippen LogP contribution is 2.13. The number of hydrogen-bond acceptors (Lipinski definition) is 4. The molecule has 0 spiro atoms. The summed E-state index contributed by atoms with van der Waals surface area (Å²) in [5, 5.41) is 16.3. The number of aliphatic hydroxyl groups excluding tert-OH is 1. The molecule has 5 nitrogen and oxygen atoms in total. The fourth-order valence-corrected chi connectivity index (χ4v) is 0.938. The topological polar surface area (TPSA) is 93.2 Å². The van der Waals surface area contributed by atoms with Crippen molar-refractivity contribution in [3.8, 4) is 0 Å². The van der Waals surface area contributed by atoms with Gasteiger partial charge in [-0.2, -0.15) is 0 Å². The number of ether oxygens (including phenoxy) is 1. The zero-order valence-corrected chi connectivity index (χ0v) is 10.3. The zero-order valence-electron chi connectivity index (χ0n) is 9.43. The Bertz CT molecular complexity index is 223. The maximum atomic E-state index is 8.60. The molecule has 0 aliphatic heterocycles. The summed E-state index contributed by atoms with van der Waals surface area (Å²) in [5.41, 5.74) is 4.07. The maximum Gasteiger partial charge on any atom is 0.143 e. The number of nitrogens with one attached hydrogen (secondary N) is 1. The van der Waals surface area contributed by atoms with Crippen LogP contribution in [-0.2, 0) is 11.2 Å². The van der Waals surface area contributed by atoms with E-state index in [0.29, 0.717) is 0 Å². The number of halogens is 1. The second-order valence-electron chi connectivity index (χ2n) is 2.54. The zero-order chi connectivity index (χ0) is 10.8. The molecule has 1 aromatic carbocycles. The fourth-order valence-electron chi connectivity index (χ4n) is 0.938. The summed E-state index contributed by atoms with van der Waals surface area (Å²) in [6.45, 7) is 1.87. The molecular weight excluding hydrogens is 234 g/mol. The second kappa shape index (κ2) is 14.2. The van der Waals surface area contributed by atoms with Crippen molar-refractivity contribution in [3.05, 3.63) is 29.8 Å². The number of benzene rings is 1. The molecule has 0 aliphatic carbocycles. The van der Waals surface area contributed by atoms with Gasteiger partial charge >= 0.3 is 0 Å². The van der Waals surface area contributed by atoms with E-state index in [1.807, 2.05) is 24.3 Å². The number of rotatable bonds is 3. The number of anilines is 1. The van der Waals surface area contributed by atoms with Crippen LogP contribution in [0.4, 0.5) is 5.69 Å². The summed E-state index contributed by atoms with van der Waals surface area (Å²) in [6.07, 6.45) is 0.934. The first-order valence-corrected chi connectivity index (χ1v) is 4.37. The third-order valence-corrected chi connectivity index (χ3v) is 1.65. The van der Waals surface area contributed by atoms with Gasteiger partial charge in [0.25, 0.3) is 0 Å². The normalized spacial score (nSPS) is 7.75. The molecule has 0 atom stereocenters. The van der Waals surface area contributed by atoms with E-state index in [-0.39, 0.29) is 24.7 Å². The summed E-state index contributed by atoms with van der Waals surface area (Å²) in [5.74, 6) is 0. The number of aryl methyl sites for hydroxylation is 1. The van der Waals surface area contributed by atoms with E-state index in [0.717, 1.165) is 17.7 Å². The summed E-state index contributed by atoms with van der Waals surface area (Å²) in [6, 6.07) is 7.68. The molecule has 96 valence electrons. The first-order valence-electron chi connectivity index (χ1n) is 4.37. The lowest BCUT2D eigenvalue weighted by Gasteiger charge is -2.03. The standard InChI is InChI=1S/C8H11NO.C2H6O2.ClH.H2O/c1-2-7-5-3-4-6-8(7)9-10;1-4-2-3;;/h3-6,9-10H,2H2,1H3;3H,2H2,1H3;1H;1H2. The predicted octanol–water partition coefficient (Wildman–Crippen LogP) is 1.23. The van der Waals surface area contributed by atoms with Crippen molar-refractivity contribution in [1.29, 1.82) is 0 Å². The highest BCUT2D eigenvalue weighted by atomic mass is 35.5. The molecule has 0 aliphatic rings. The molecule has 0 radical (unpaired) electrons. The van der Waals surface area contributed by atoms with E-state index in [1.165, 1.54) is 7.11 Å². The minimum absolute atomic E-state index is 0. The Morgan fingerprint density at radius 3 is 2.12 bits per heavy atom. The minimum atomic E-state index is -0.181. The lowest BCUT2D eigenvalue weighted by Crippen LogP contribution is -1.93. The van der Waals surface area contributed by atoms with E-state index < -0.39 is 0 Å². The largest absolute Gasteiger partial charge is 0.412 e. The van der Waals surface area contributed by atoms with Crippen LogP contribution in [0.5, 0.6) is 0 Å². The van der Waals surface area contributed by atoms with E-state index in [2.05, 4.69) is 17.1 Å². The Balaban J connectivity index is -0.000000249. The molecule has 16 heavy (non-hydrogen) atoms. The molecule has 0 heterocycles. The van der Waals surface area contributed by atoms with Gasteiger partial charge < -0.3 is 15.3 Å². The van der Waals surface area contributed by atoms with Crippen LogP contribution in [-0.4, -0.2) is 29.7 Å². The van der Waals surface area contributed by atoms with E-state index in [4.69, 9.17) is 10.3 Å². The van der Waals surface area contributed by atoms with Crippen molar-refractivity contribution in [3.63, 3.8) is 0 Å². The third kappa shape index (κ3) is 8.46. The fraction of sp³-hybridized carbons (Fsp3) is 0.400. The number of aliphatic hydroxyl groups is 1. The van der Waals surface area contributed by atoms with Gasteiger partial charge in [0.05, 0.1) is 5.69 Å². The average molecular weight is 254 g/mol. The Labute approximate surface area is 102 Å². The van der Waals surface area contributed by atoms with Crippen LogP contribution < -0.4 is 5.48 Å². The molecule has 6 heteroatoms. The molecule has 0 saturated carbocycles. The molecule has 5 N–H and O–H groups in total. The molecule has 0 aromatic heterocycles. The molecule has 0 bridgehead atoms. The lowest BCUT2D eigenvalue weighted by molar-refractivity contribution is 0.0325. The second-order valence-corrected chi connectivity index (χ2v) is 2.54. The number of methoxy groups -OCH3 is 1. The van der Waals surface area contributed by atoms with Gasteiger partial charge in [-0.15, -0.1) is 12.4 Å². The van der Waals surface area contributed by atoms with Gasteiger partial charge in [-0.1, -0.05) is 25.1 Å². The summed E-state index contributed by atoms with van der Waals surface area (Å²) in [4.78, 5) is 0. The predicted molar refractivity (Wildman–Crippen MR) is 66.2 cm³/mol. The Kier molecular flexibility index (Phi) is 18.2. The van der Waals surface area contributed by atoms with Crippen LogP contribution in [0.3, 0.4) is 0 Å². The van der Waals surface area contributed by atoms with Gasteiger partial charge in [0.1, 0.15) is 6.79 Å². The lowest BCUT2D eigenvalue weighted by atomic mass is 10.1. The highest BCUT2D eigenvalue weighted by Gasteiger charge is 1.94. The molecule has 0 amide bonds. The molecular formula is C10H20ClNO4. The highest BCUT2D eigenvalue weighted by molar-refractivity contribution is 5.85. The van der Waals surface area contributed by atoms with Crippen molar-refractivity contribution in [1.82, 2.24) is 0 Å². The maximum absolute atomic E-state index is 8.60. The van der Waals surface area contributed by atoms with Gasteiger partial charge in [0.15, 0.2) is 0 Å². The number of hydrogen-bond donors (Lipinski definition) is 3. The van der Waals surface area contributed by atoms with Crippen molar-refractivity contribution < 1.29 is 20.5 Å². The molecule has 1 rings (SSSR count). The van der Waals surface area contributed by atoms with Crippen LogP contribution in [0.1, 0.15) is 12.5 Å². The summed E-state index contributed by atoms with van der Waals surface area (Å²) in [7, 11) is 1.43. The van der Waals surface area contributed by atoms with Gasteiger partial charge in [-0.3, -0.25) is 10.7 Å². The first kappa shape index (κ1) is 20.5. The van der Waals surface area contributed by atoms with Crippen LogP contribution in [0.25, 0.3) is 0 Å². The quantitative estimate of drug-likeness (QED) is 0.558. The summed E-state index contributed by atoms with van der Waals surface area (Å²) < 4.78 is 4.10. The molecule has 0 saturated heterocycles. The van der Waals surface area contributed by atoms with Crippen molar-refractivity contribution in [2.24, 2.45) is 0 Å². The third-order valence-electron chi connectivity index (χ3n) is 1.65. The van der Waals surface area contributed by atoms with Crippen molar-refractivity contribution in [2.45, 2.75) is 13.3 Å². The SMILES string of the molecule is CCc1ccccc1NO.COCO.Cl.O. The van der Waals surface area contributed by atoms with Crippen molar-refractivity contribution >= 4 is 18.1 Å². The van der Waals surface area contributed by atoms with Crippen LogP contribution in [0.2, 0.25) is 0 Å². The van der Waals surface area contributed by atoms with Gasteiger partial charge in [-0.25, -0.2) is 0 Å². The summed E-state index contributed by atoms with van der Waals surface area (Å²) >= 11 is 0. The minimum Gasteiger partial charge on any atom is -0.412 e. The van der Waals surface area contributed by atoms with Crippen LogP contribution >= 0.6 is 12.4 Å². The Hall–Kier alpha value is -0.850. The molecule has 0 unspecified atom stereocenters. The van der Waals surface area contributed by atoms with Gasteiger partial charge in [0.2, 0.25) is 0 Å². The van der Waals surface area contributed by atoms with Gasteiger partial charge in [-0.05, 0) is 18.1 Å². The molecule has 1 aromatic rings. The monoisotopic (exact) mass is 253 g/mol.